The molecule has 0 atom stereocenters. The average Bonchev–Trinajstić information content (AvgIpc) is 2.01. The van der Waals surface area contributed by atoms with Crippen LogP contribution in [0.1, 0.15) is 0 Å². The Morgan fingerprint density at radius 3 is 1.43 bits per heavy atom. The van der Waals surface area contributed by atoms with Gasteiger partial charge in [-0.3, -0.25) is 0 Å². The van der Waals surface area contributed by atoms with Crippen molar-refractivity contribution in [2.24, 2.45) is 0 Å². The highest BCUT2D eigenvalue weighted by atomic mass is 35.7. The molecule has 1 aromatic carbocycles. The van der Waals surface area contributed by atoms with Crippen LogP contribution >= 0.6 is 33.2 Å². The lowest BCUT2D eigenvalue weighted by Crippen LogP contribution is -2.38. The van der Waals surface area contributed by atoms with Gasteiger partial charge in [-0.05, 0) is 16.9 Å². The first-order chi connectivity index (χ1) is 6.21. The zero-order valence-corrected chi connectivity index (χ0v) is 12.7. The number of benzene rings is 1. The predicted molar refractivity (Wildman–Crippen MR) is 72.4 cm³/mol. The number of hydrogen-bond donors (Lipinski definition) is 0. The summed E-state index contributed by atoms with van der Waals surface area (Å²) in [5.41, 5.74) is 0. The van der Waals surface area contributed by atoms with Crippen molar-refractivity contribution in [3.8, 4) is 0 Å². The molecule has 0 heterocycles. The van der Waals surface area contributed by atoms with E-state index in [1.165, 1.54) is 5.19 Å². The van der Waals surface area contributed by atoms with E-state index in [9.17, 15) is 0 Å². The van der Waals surface area contributed by atoms with Gasteiger partial charge in [0.25, 0.3) is 6.69 Å². The molecule has 14 heavy (non-hydrogen) atoms. The zero-order valence-electron chi connectivity index (χ0n) is 8.44. The smallest absolute Gasteiger partial charge is 0.162 e. The Bertz CT molecular complexity index is 275. The van der Waals surface area contributed by atoms with E-state index in [0.717, 1.165) is 5.19 Å². The molecule has 0 aromatic heterocycles. The summed E-state index contributed by atoms with van der Waals surface area (Å²) in [6.45, 7) is 3.90. The summed E-state index contributed by atoms with van der Waals surface area (Å²) >= 11 is 18.5. The third kappa shape index (κ3) is 3.28. The van der Waals surface area contributed by atoms with Gasteiger partial charge >= 0.3 is 0 Å². The van der Waals surface area contributed by atoms with Gasteiger partial charge in [0, 0.05) is 0 Å². The SMILES string of the molecule is C[Si](C)(Cl)c1ccc([Si](C)(Cl)Cl)cc1. The van der Waals surface area contributed by atoms with Crippen molar-refractivity contribution >= 4 is 57.7 Å². The normalized spacial score (nSPS) is 13.0. The average molecular weight is 284 g/mol. The topological polar surface area (TPSA) is 0 Å². The minimum atomic E-state index is -2.20. The summed E-state index contributed by atoms with van der Waals surface area (Å²) in [7, 11) is -1.71. The van der Waals surface area contributed by atoms with Crippen molar-refractivity contribution in [3.63, 3.8) is 0 Å². The van der Waals surface area contributed by atoms with Gasteiger partial charge in [-0.2, -0.15) is 11.1 Å². The first-order valence-corrected chi connectivity index (χ1v) is 12.9. The molecule has 0 saturated carbocycles. The zero-order chi connectivity index (χ0) is 11.0. The molecule has 0 aliphatic heterocycles. The van der Waals surface area contributed by atoms with Crippen LogP contribution in [-0.4, -0.2) is 14.1 Å². The summed E-state index contributed by atoms with van der Waals surface area (Å²) in [6.07, 6.45) is 0. The molecular weight excluding hydrogens is 271 g/mol. The molecule has 0 radical (unpaired) electrons. The molecule has 0 amide bonds. The van der Waals surface area contributed by atoms with Crippen LogP contribution < -0.4 is 10.4 Å². The van der Waals surface area contributed by atoms with Crippen molar-refractivity contribution in [1.29, 1.82) is 0 Å². The van der Waals surface area contributed by atoms with E-state index < -0.39 is 14.1 Å². The van der Waals surface area contributed by atoms with Crippen molar-refractivity contribution in [2.75, 3.05) is 0 Å². The van der Waals surface area contributed by atoms with E-state index >= 15 is 0 Å². The van der Waals surface area contributed by atoms with Gasteiger partial charge in [0.1, 0.15) is 0 Å². The van der Waals surface area contributed by atoms with Gasteiger partial charge in [-0.25, -0.2) is 0 Å². The number of rotatable bonds is 2. The second-order valence-electron chi connectivity index (χ2n) is 3.94. The maximum Gasteiger partial charge on any atom is 0.277 e. The molecule has 78 valence electrons. The van der Waals surface area contributed by atoms with Crippen LogP contribution in [-0.2, 0) is 0 Å². The van der Waals surface area contributed by atoms with Crippen molar-refractivity contribution in [2.45, 2.75) is 19.6 Å². The first kappa shape index (κ1) is 12.6. The number of hydrogen-bond acceptors (Lipinski definition) is 0. The fourth-order valence-corrected chi connectivity index (χ4v) is 4.00. The van der Waals surface area contributed by atoms with Crippen molar-refractivity contribution in [3.05, 3.63) is 24.3 Å². The van der Waals surface area contributed by atoms with Crippen LogP contribution in [0.5, 0.6) is 0 Å². The van der Waals surface area contributed by atoms with E-state index in [2.05, 4.69) is 13.1 Å². The monoisotopic (exact) mass is 282 g/mol. The third-order valence-electron chi connectivity index (χ3n) is 2.08. The fourth-order valence-electron chi connectivity index (χ4n) is 1.16. The summed E-state index contributed by atoms with van der Waals surface area (Å²) in [5, 5.41) is 2.26. The molecule has 0 bridgehead atoms. The second-order valence-corrected chi connectivity index (χ2v) is 17.8. The van der Waals surface area contributed by atoms with Crippen LogP contribution in [0.4, 0.5) is 0 Å². The molecular formula is C9H13Cl3Si2. The van der Waals surface area contributed by atoms with E-state index in [0.29, 0.717) is 0 Å². The molecule has 0 saturated heterocycles. The highest BCUT2D eigenvalue weighted by Gasteiger charge is 2.25. The lowest BCUT2D eigenvalue weighted by atomic mass is 10.4. The maximum absolute atomic E-state index is 6.31. The first-order valence-electron chi connectivity index (χ1n) is 4.39. The van der Waals surface area contributed by atoms with Gasteiger partial charge in [0.15, 0.2) is 7.38 Å². The summed E-state index contributed by atoms with van der Waals surface area (Å²) in [4.78, 5) is 0. The minimum absolute atomic E-state index is 1.04. The number of halogens is 3. The summed E-state index contributed by atoms with van der Waals surface area (Å²) < 4.78 is 0. The quantitative estimate of drug-likeness (QED) is 0.578. The van der Waals surface area contributed by atoms with Crippen molar-refractivity contribution < 1.29 is 0 Å². The molecule has 0 nitrogen and oxygen atoms in total. The fraction of sp³-hybridized carbons (Fsp3) is 0.333. The van der Waals surface area contributed by atoms with Crippen LogP contribution in [0.2, 0.25) is 19.6 Å². The predicted octanol–water partition coefficient (Wildman–Crippen LogP) is 3.09. The summed E-state index contributed by atoms with van der Waals surface area (Å²) in [5.74, 6) is 0. The molecule has 0 spiro atoms. The Morgan fingerprint density at radius 2 is 1.14 bits per heavy atom. The van der Waals surface area contributed by atoms with E-state index in [1.54, 1.807) is 0 Å². The standard InChI is InChI=1S/C9H13Cl3Si2/c1-13(2,10)8-4-6-9(7-5-8)14(3,11)12/h4-7H,1-3H3. The largest absolute Gasteiger partial charge is 0.277 e. The van der Waals surface area contributed by atoms with Gasteiger partial charge in [0.05, 0.1) is 0 Å². The van der Waals surface area contributed by atoms with Crippen LogP contribution in [0.15, 0.2) is 24.3 Å². The maximum atomic E-state index is 6.31. The molecule has 1 rings (SSSR count). The lowest BCUT2D eigenvalue weighted by Gasteiger charge is -2.16. The van der Waals surface area contributed by atoms with Crippen LogP contribution in [0, 0.1) is 0 Å². The molecule has 0 aliphatic rings. The van der Waals surface area contributed by atoms with E-state index in [1.807, 2.05) is 30.8 Å². The molecule has 0 aliphatic carbocycles. The second kappa shape index (κ2) is 4.18. The highest BCUT2D eigenvalue weighted by molar-refractivity contribution is 7.50. The Labute approximate surface area is 101 Å². The summed E-state index contributed by atoms with van der Waals surface area (Å²) in [6, 6.07) is 8.09. The molecule has 5 heteroatoms. The Hall–Kier alpha value is 0.524. The molecule has 1 aromatic rings. The van der Waals surface area contributed by atoms with Crippen LogP contribution in [0.3, 0.4) is 0 Å². The van der Waals surface area contributed by atoms with Gasteiger partial charge < -0.3 is 0 Å². The minimum Gasteiger partial charge on any atom is -0.162 e. The Morgan fingerprint density at radius 1 is 0.786 bits per heavy atom. The van der Waals surface area contributed by atoms with Gasteiger partial charge in [0.2, 0.25) is 0 Å². The van der Waals surface area contributed by atoms with E-state index in [-0.39, 0.29) is 0 Å². The molecule has 0 fully saturated rings. The van der Waals surface area contributed by atoms with Gasteiger partial charge in [-0.15, -0.1) is 22.2 Å². The van der Waals surface area contributed by atoms with Crippen LogP contribution in [0.25, 0.3) is 0 Å². The van der Waals surface area contributed by atoms with Gasteiger partial charge in [-0.1, -0.05) is 37.4 Å². The lowest BCUT2D eigenvalue weighted by molar-refractivity contribution is 1.77. The molecule has 0 N–H and O–H groups in total. The third-order valence-corrected chi connectivity index (χ3v) is 7.10. The van der Waals surface area contributed by atoms with E-state index in [4.69, 9.17) is 33.2 Å². The Balaban J connectivity index is 3.02. The van der Waals surface area contributed by atoms with Crippen molar-refractivity contribution in [1.82, 2.24) is 0 Å². The highest BCUT2D eigenvalue weighted by Crippen LogP contribution is 2.14. The molecule has 0 unspecified atom stereocenters. The Kier molecular flexibility index (Phi) is 3.76.